The zero-order valence-corrected chi connectivity index (χ0v) is 17.0. The Labute approximate surface area is 149 Å². The molecule has 1 rings (SSSR count). The standard InChI is InChI=1S/C17H31N5OS/c1-16(2,3)12-11-24-14(20-12)9-19-15(18-7)22(8)10-13(23)21-17(4,5)6/h11H,9-10H2,1-8H3,(H,18,19)(H,21,23). The SMILES string of the molecule is CN=C(NCc1nc(C(C)(C)C)cs1)N(C)CC(=O)NC(C)(C)C. The van der Waals surface area contributed by atoms with E-state index < -0.39 is 0 Å². The highest BCUT2D eigenvalue weighted by Gasteiger charge is 2.19. The third kappa shape index (κ3) is 6.86. The van der Waals surface area contributed by atoms with Gasteiger partial charge in [-0.3, -0.25) is 9.79 Å². The number of carbonyl (C=O) groups is 1. The number of aromatic nitrogens is 1. The molecule has 0 unspecified atom stereocenters. The van der Waals surface area contributed by atoms with E-state index in [0.29, 0.717) is 12.5 Å². The molecule has 0 aliphatic rings. The van der Waals surface area contributed by atoms with Crippen molar-refractivity contribution in [3.63, 3.8) is 0 Å². The second-order valence-electron chi connectivity index (χ2n) is 7.93. The summed E-state index contributed by atoms with van der Waals surface area (Å²) in [5.74, 6) is 0.642. The van der Waals surface area contributed by atoms with Crippen LogP contribution in [0.2, 0.25) is 0 Å². The Morgan fingerprint density at radius 3 is 2.38 bits per heavy atom. The predicted octanol–water partition coefficient (Wildman–Crippen LogP) is 2.36. The van der Waals surface area contributed by atoms with Crippen LogP contribution in [0.4, 0.5) is 0 Å². The van der Waals surface area contributed by atoms with E-state index in [4.69, 9.17) is 0 Å². The molecule has 0 saturated carbocycles. The van der Waals surface area contributed by atoms with Crippen LogP contribution < -0.4 is 10.6 Å². The molecular weight excluding hydrogens is 322 g/mol. The van der Waals surface area contributed by atoms with Gasteiger partial charge in [-0.25, -0.2) is 4.98 Å². The van der Waals surface area contributed by atoms with Gasteiger partial charge in [0.05, 0.1) is 18.8 Å². The zero-order chi connectivity index (χ0) is 18.5. The van der Waals surface area contributed by atoms with Crippen molar-refractivity contribution in [3.8, 4) is 0 Å². The number of carbonyl (C=O) groups excluding carboxylic acids is 1. The van der Waals surface area contributed by atoms with Gasteiger partial charge in [-0.1, -0.05) is 20.8 Å². The van der Waals surface area contributed by atoms with Crippen LogP contribution in [0.3, 0.4) is 0 Å². The number of amides is 1. The van der Waals surface area contributed by atoms with E-state index in [0.717, 1.165) is 10.7 Å². The van der Waals surface area contributed by atoms with Gasteiger partial charge in [-0.15, -0.1) is 11.3 Å². The summed E-state index contributed by atoms with van der Waals surface area (Å²) in [6.07, 6.45) is 0. The minimum Gasteiger partial charge on any atom is -0.350 e. The Hall–Kier alpha value is -1.63. The van der Waals surface area contributed by atoms with Crippen LogP contribution in [0.25, 0.3) is 0 Å². The number of rotatable bonds is 4. The van der Waals surface area contributed by atoms with Crippen molar-refractivity contribution in [1.82, 2.24) is 20.5 Å². The smallest absolute Gasteiger partial charge is 0.240 e. The minimum absolute atomic E-state index is 0.0304. The molecular formula is C17H31N5OS. The van der Waals surface area contributed by atoms with Crippen molar-refractivity contribution in [2.45, 2.75) is 59.0 Å². The summed E-state index contributed by atoms with van der Waals surface area (Å²) < 4.78 is 0. The summed E-state index contributed by atoms with van der Waals surface area (Å²) in [5, 5.41) is 9.32. The van der Waals surface area contributed by atoms with Crippen molar-refractivity contribution in [3.05, 3.63) is 16.1 Å². The van der Waals surface area contributed by atoms with Crippen molar-refractivity contribution in [2.24, 2.45) is 4.99 Å². The molecule has 1 heterocycles. The first-order valence-electron chi connectivity index (χ1n) is 8.10. The Morgan fingerprint density at radius 1 is 1.29 bits per heavy atom. The molecule has 0 aromatic carbocycles. The molecule has 0 spiro atoms. The fourth-order valence-electron chi connectivity index (χ4n) is 2.02. The maximum atomic E-state index is 12.0. The molecule has 1 amide bonds. The fraction of sp³-hybridized carbons (Fsp3) is 0.706. The summed E-state index contributed by atoms with van der Waals surface area (Å²) in [7, 11) is 3.56. The van der Waals surface area contributed by atoms with Crippen LogP contribution in [-0.2, 0) is 16.8 Å². The molecule has 1 aromatic rings. The second-order valence-corrected chi connectivity index (χ2v) is 8.87. The molecule has 0 aliphatic carbocycles. The lowest BCUT2D eigenvalue weighted by Crippen LogP contribution is -2.48. The molecule has 1 aromatic heterocycles. The van der Waals surface area contributed by atoms with E-state index in [-0.39, 0.29) is 23.4 Å². The summed E-state index contributed by atoms with van der Waals surface area (Å²) in [5.41, 5.74) is 0.911. The van der Waals surface area contributed by atoms with E-state index in [1.807, 2.05) is 27.8 Å². The van der Waals surface area contributed by atoms with E-state index in [9.17, 15) is 4.79 Å². The van der Waals surface area contributed by atoms with E-state index in [1.165, 1.54) is 0 Å². The molecule has 0 saturated heterocycles. The van der Waals surface area contributed by atoms with E-state index >= 15 is 0 Å². The largest absolute Gasteiger partial charge is 0.350 e. The van der Waals surface area contributed by atoms with Gasteiger partial charge >= 0.3 is 0 Å². The zero-order valence-electron chi connectivity index (χ0n) is 16.1. The lowest BCUT2D eigenvalue weighted by atomic mass is 9.93. The third-order valence-corrected chi connectivity index (χ3v) is 4.04. The van der Waals surface area contributed by atoms with Gasteiger partial charge in [-0.05, 0) is 20.8 Å². The molecule has 0 radical (unpaired) electrons. The molecule has 136 valence electrons. The topological polar surface area (TPSA) is 69.6 Å². The number of nitrogens with one attached hydrogen (secondary N) is 2. The third-order valence-electron chi connectivity index (χ3n) is 3.19. The highest BCUT2D eigenvalue weighted by Crippen LogP contribution is 2.23. The van der Waals surface area contributed by atoms with Crippen LogP contribution in [0.15, 0.2) is 10.4 Å². The summed E-state index contributed by atoms with van der Waals surface area (Å²) >= 11 is 1.64. The number of hydrogen-bond acceptors (Lipinski definition) is 4. The van der Waals surface area contributed by atoms with Gasteiger partial charge < -0.3 is 15.5 Å². The normalized spacial score (nSPS) is 12.9. The van der Waals surface area contributed by atoms with Gasteiger partial charge in [0.25, 0.3) is 0 Å². The van der Waals surface area contributed by atoms with E-state index in [1.54, 1.807) is 23.3 Å². The Bertz CT molecular complexity index is 581. The van der Waals surface area contributed by atoms with Crippen LogP contribution in [0.5, 0.6) is 0 Å². The molecule has 7 heteroatoms. The van der Waals surface area contributed by atoms with Crippen molar-refractivity contribution < 1.29 is 4.79 Å². The molecule has 0 aliphatic heterocycles. The average Bonchev–Trinajstić information content (AvgIpc) is 2.85. The molecule has 0 bridgehead atoms. The highest BCUT2D eigenvalue weighted by atomic mass is 32.1. The number of likely N-dealkylation sites (N-methyl/N-ethyl adjacent to an activating group) is 1. The number of aliphatic imine (C=N–C) groups is 1. The molecule has 2 N–H and O–H groups in total. The predicted molar refractivity (Wildman–Crippen MR) is 102 cm³/mol. The van der Waals surface area contributed by atoms with Crippen LogP contribution in [0.1, 0.15) is 52.2 Å². The van der Waals surface area contributed by atoms with Gasteiger partial charge in [-0.2, -0.15) is 0 Å². The van der Waals surface area contributed by atoms with Crippen LogP contribution in [0, 0.1) is 0 Å². The molecule has 6 nitrogen and oxygen atoms in total. The first kappa shape index (κ1) is 20.4. The fourth-order valence-corrected chi connectivity index (χ4v) is 2.98. The van der Waals surface area contributed by atoms with Crippen molar-refractivity contribution >= 4 is 23.2 Å². The van der Waals surface area contributed by atoms with Crippen molar-refractivity contribution in [1.29, 1.82) is 0 Å². The molecule has 0 fully saturated rings. The van der Waals surface area contributed by atoms with Gasteiger partial charge in [0, 0.05) is 30.4 Å². The molecule has 0 atom stereocenters. The van der Waals surface area contributed by atoms with Crippen molar-refractivity contribution in [2.75, 3.05) is 20.6 Å². The van der Waals surface area contributed by atoms with Gasteiger partial charge in [0.15, 0.2) is 5.96 Å². The lowest BCUT2D eigenvalue weighted by molar-refractivity contribution is -0.122. The number of hydrogen-bond donors (Lipinski definition) is 2. The van der Waals surface area contributed by atoms with E-state index in [2.05, 4.69) is 46.8 Å². The first-order valence-corrected chi connectivity index (χ1v) is 8.98. The monoisotopic (exact) mass is 353 g/mol. The minimum atomic E-state index is -0.237. The van der Waals surface area contributed by atoms with Gasteiger partial charge in [0.1, 0.15) is 5.01 Å². The average molecular weight is 354 g/mol. The second kappa shape index (κ2) is 7.96. The summed E-state index contributed by atoms with van der Waals surface area (Å²) in [4.78, 5) is 22.7. The summed E-state index contributed by atoms with van der Waals surface area (Å²) in [6, 6.07) is 0. The van der Waals surface area contributed by atoms with Crippen LogP contribution in [-0.4, -0.2) is 47.9 Å². The maximum absolute atomic E-state index is 12.0. The number of nitrogens with zero attached hydrogens (tertiary/aromatic N) is 3. The summed E-state index contributed by atoms with van der Waals surface area (Å²) in [6.45, 7) is 13.2. The first-order chi connectivity index (χ1) is 10.9. The highest BCUT2D eigenvalue weighted by molar-refractivity contribution is 7.09. The number of thiazole rings is 1. The Balaban J connectivity index is 2.58. The van der Waals surface area contributed by atoms with Crippen LogP contribution >= 0.6 is 11.3 Å². The Morgan fingerprint density at radius 2 is 1.92 bits per heavy atom. The molecule has 24 heavy (non-hydrogen) atoms. The lowest BCUT2D eigenvalue weighted by Gasteiger charge is -2.25. The maximum Gasteiger partial charge on any atom is 0.240 e. The quantitative estimate of drug-likeness (QED) is 0.644. The Kier molecular flexibility index (Phi) is 6.77. The number of guanidine groups is 1. The van der Waals surface area contributed by atoms with Gasteiger partial charge in [0.2, 0.25) is 5.91 Å².